The summed E-state index contributed by atoms with van der Waals surface area (Å²) in [6.45, 7) is 6.17. The summed E-state index contributed by atoms with van der Waals surface area (Å²) in [5, 5.41) is 0. The Balaban J connectivity index is 0.000000362. The van der Waals surface area contributed by atoms with Crippen molar-refractivity contribution in [3.8, 4) is 5.75 Å². The van der Waals surface area contributed by atoms with Crippen molar-refractivity contribution in [2.24, 2.45) is 5.73 Å². The zero-order valence-electron chi connectivity index (χ0n) is 11.8. The van der Waals surface area contributed by atoms with Gasteiger partial charge in [0.05, 0.1) is 20.0 Å². The van der Waals surface area contributed by atoms with Crippen molar-refractivity contribution in [3.63, 3.8) is 0 Å². The van der Waals surface area contributed by atoms with E-state index in [1.165, 1.54) is 5.56 Å². The second-order valence-corrected chi connectivity index (χ2v) is 4.81. The van der Waals surface area contributed by atoms with Crippen molar-refractivity contribution in [3.05, 3.63) is 52.7 Å². The molecule has 3 nitrogen and oxygen atoms in total. The van der Waals surface area contributed by atoms with Crippen molar-refractivity contribution >= 4 is 15.9 Å². The van der Waals surface area contributed by atoms with Gasteiger partial charge in [-0.05, 0) is 43.7 Å². The Morgan fingerprint density at radius 2 is 1.89 bits per heavy atom. The molecule has 0 aliphatic carbocycles. The summed E-state index contributed by atoms with van der Waals surface area (Å²) in [4.78, 5) is 0. The number of hydrogen-bond acceptors (Lipinski definition) is 3. The molecule has 0 amide bonds. The number of hydrogen-bond donors (Lipinski definition) is 1. The molecule has 0 bridgehead atoms. The molecule has 0 atom stereocenters. The molecule has 0 unspecified atom stereocenters. The Bertz CT molecular complexity index is 399. The van der Waals surface area contributed by atoms with Crippen molar-refractivity contribution in [1.82, 2.24) is 0 Å². The van der Waals surface area contributed by atoms with Gasteiger partial charge in [-0.25, -0.2) is 0 Å². The Morgan fingerprint density at radius 3 is 2.21 bits per heavy atom. The summed E-state index contributed by atoms with van der Waals surface area (Å²) < 4.78 is 10.7. The molecular weight excluding hydrogens is 306 g/mol. The van der Waals surface area contributed by atoms with Crippen LogP contribution >= 0.6 is 15.9 Å². The molecule has 4 heteroatoms. The van der Waals surface area contributed by atoms with Gasteiger partial charge in [-0.2, -0.15) is 0 Å². The molecule has 0 aliphatic heterocycles. The van der Waals surface area contributed by atoms with Gasteiger partial charge >= 0.3 is 0 Å². The molecule has 0 fully saturated rings. The van der Waals surface area contributed by atoms with Crippen LogP contribution in [-0.4, -0.2) is 20.8 Å². The van der Waals surface area contributed by atoms with Crippen LogP contribution in [0, 0.1) is 0 Å². The summed E-state index contributed by atoms with van der Waals surface area (Å²) in [6, 6.07) is 7.97. The zero-order valence-corrected chi connectivity index (χ0v) is 13.4. The van der Waals surface area contributed by atoms with E-state index in [2.05, 4.69) is 22.5 Å². The SMILES string of the molecule is C=C(Br)/C=C(\C)OC.COc1ccc(CCN)cc1. The quantitative estimate of drug-likeness (QED) is 0.663. The molecule has 1 rings (SSSR count). The maximum absolute atomic E-state index is 5.40. The van der Waals surface area contributed by atoms with E-state index in [9.17, 15) is 0 Å². The predicted octanol–water partition coefficient (Wildman–Crippen LogP) is 3.64. The predicted molar refractivity (Wildman–Crippen MR) is 84.6 cm³/mol. The normalized spacial score (nSPS) is 10.3. The summed E-state index contributed by atoms with van der Waals surface area (Å²) in [5.74, 6) is 1.75. The molecule has 0 radical (unpaired) electrons. The molecule has 1 aromatic carbocycles. The highest BCUT2D eigenvalue weighted by molar-refractivity contribution is 9.11. The first kappa shape index (κ1) is 17.7. The highest BCUT2D eigenvalue weighted by Gasteiger charge is 1.91. The van der Waals surface area contributed by atoms with Crippen LogP contribution in [0.3, 0.4) is 0 Å². The van der Waals surface area contributed by atoms with Gasteiger partial charge < -0.3 is 15.2 Å². The molecule has 0 saturated carbocycles. The fourth-order valence-electron chi connectivity index (χ4n) is 1.24. The molecule has 1 aromatic rings. The highest BCUT2D eigenvalue weighted by Crippen LogP contribution is 2.10. The lowest BCUT2D eigenvalue weighted by Gasteiger charge is -2.00. The summed E-state index contributed by atoms with van der Waals surface area (Å²) in [5.41, 5.74) is 6.66. The maximum Gasteiger partial charge on any atom is 0.118 e. The van der Waals surface area contributed by atoms with Crippen LogP contribution < -0.4 is 10.5 Å². The van der Waals surface area contributed by atoms with Crippen molar-refractivity contribution in [2.45, 2.75) is 13.3 Å². The lowest BCUT2D eigenvalue weighted by molar-refractivity contribution is 0.293. The molecule has 106 valence electrons. The minimum absolute atomic E-state index is 0.701. The number of allylic oxidation sites excluding steroid dienone is 3. The van der Waals surface area contributed by atoms with Gasteiger partial charge in [0.15, 0.2) is 0 Å². The summed E-state index contributed by atoms with van der Waals surface area (Å²) in [7, 11) is 3.29. The second kappa shape index (κ2) is 10.6. The first-order valence-electron chi connectivity index (χ1n) is 5.93. The second-order valence-electron chi connectivity index (χ2n) is 3.79. The number of benzene rings is 1. The Labute approximate surface area is 124 Å². The van der Waals surface area contributed by atoms with E-state index < -0.39 is 0 Å². The van der Waals surface area contributed by atoms with Crippen LogP contribution in [-0.2, 0) is 11.2 Å². The molecule has 0 saturated heterocycles. The van der Waals surface area contributed by atoms with Gasteiger partial charge in [0.1, 0.15) is 5.75 Å². The summed E-state index contributed by atoms with van der Waals surface area (Å²) in [6.07, 6.45) is 2.74. The third-order valence-electron chi connectivity index (χ3n) is 2.27. The van der Waals surface area contributed by atoms with Crippen LogP contribution in [0.5, 0.6) is 5.75 Å². The van der Waals surface area contributed by atoms with E-state index in [0.29, 0.717) is 6.54 Å². The lowest BCUT2D eigenvalue weighted by atomic mass is 10.1. The van der Waals surface area contributed by atoms with E-state index in [4.69, 9.17) is 15.2 Å². The van der Waals surface area contributed by atoms with Crippen molar-refractivity contribution in [1.29, 1.82) is 0 Å². The van der Waals surface area contributed by atoms with Gasteiger partial charge in [-0.3, -0.25) is 0 Å². The van der Waals surface area contributed by atoms with E-state index in [1.54, 1.807) is 20.3 Å². The Hall–Kier alpha value is -1.26. The molecule has 0 aromatic heterocycles. The lowest BCUT2D eigenvalue weighted by Crippen LogP contribution is -2.02. The number of halogens is 1. The molecular formula is C15H22BrNO2. The maximum atomic E-state index is 5.40. The Morgan fingerprint density at radius 1 is 1.32 bits per heavy atom. The van der Waals surface area contributed by atoms with Crippen molar-refractivity contribution in [2.75, 3.05) is 20.8 Å². The summed E-state index contributed by atoms with van der Waals surface area (Å²) >= 11 is 3.16. The topological polar surface area (TPSA) is 44.5 Å². The van der Waals surface area contributed by atoms with Gasteiger partial charge in [0.2, 0.25) is 0 Å². The largest absolute Gasteiger partial charge is 0.501 e. The molecule has 2 N–H and O–H groups in total. The van der Waals surface area contributed by atoms with E-state index in [-0.39, 0.29) is 0 Å². The van der Waals surface area contributed by atoms with Crippen LogP contribution in [0.15, 0.2) is 47.2 Å². The number of methoxy groups -OCH3 is 2. The van der Waals surface area contributed by atoms with Gasteiger partial charge in [-0.15, -0.1) is 0 Å². The molecule has 0 heterocycles. The third kappa shape index (κ3) is 9.33. The zero-order chi connectivity index (χ0) is 14.7. The van der Waals surface area contributed by atoms with Crippen LogP contribution in [0.1, 0.15) is 12.5 Å². The fourth-order valence-corrected chi connectivity index (χ4v) is 1.56. The van der Waals surface area contributed by atoms with Crippen molar-refractivity contribution < 1.29 is 9.47 Å². The molecule has 19 heavy (non-hydrogen) atoms. The van der Waals surface area contributed by atoms with E-state index in [1.807, 2.05) is 31.2 Å². The number of nitrogens with two attached hydrogens (primary N) is 1. The van der Waals surface area contributed by atoms with Gasteiger partial charge in [0, 0.05) is 4.48 Å². The minimum Gasteiger partial charge on any atom is -0.501 e. The van der Waals surface area contributed by atoms with E-state index >= 15 is 0 Å². The number of rotatable bonds is 5. The number of ether oxygens (including phenoxy) is 2. The first-order valence-corrected chi connectivity index (χ1v) is 6.72. The minimum atomic E-state index is 0.701. The average Bonchev–Trinajstić information content (AvgIpc) is 2.40. The van der Waals surface area contributed by atoms with Crippen LogP contribution in [0.4, 0.5) is 0 Å². The van der Waals surface area contributed by atoms with Gasteiger partial charge in [-0.1, -0.05) is 34.6 Å². The van der Waals surface area contributed by atoms with E-state index in [0.717, 1.165) is 22.4 Å². The molecule has 0 aliphatic rings. The Kier molecular flexibility index (Phi) is 9.94. The average molecular weight is 328 g/mol. The first-order chi connectivity index (χ1) is 9.03. The van der Waals surface area contributed by atoms with Gasteiger partial charge in [0.25, 0.3) is 0 Å². The standard InChI is InChI=1S/C9H13NO.C6H9BrO/c1-11-9-4-2-8(3-5-9)6-7-10;1-5(7)4-6(2)8-3/h2-5H,6-7,10H2,1H3;4H,1H2,2-3H3/b;6-4+. The third-order valence-corrected chi connectivity index (χ3v) is 2.50. The highest BCUT2D eigenvalue weighted by atomic mass is 79.9. The molecule has 0 spiro atoms. The smallest absolute Gasteiger partial charge is 0.118 e. The fraction of sp³-hybridized carbons (Fsp3) is 0.333. The van der Waals surface area contributed by atoms with Crippen LogP contribution in [0.2, 0.25) is 0 Å². The van der Waals surface area contributed by atoms with Crippen LogP contribution in [0.25, 0.3) is 0 Å². The monoisotopic (exact) mass is 327 g/mol.